The smallest absolute Gasteiger partial charge is 0.418 e. The van der Waals surface area contributed by atoms with E-state index in [-0.39, 0.29) is 12.3 Å². The number of amides is 1. The average Bonchev–Trinajstić information content (AvgIpc) is 2.46. The quantitative estimate of drug-likeness (QED) is 0.747. The number of ether oxygens (including phenoxy) is 1. The fraction of sp³-hybridized carbons (Fsp3) is 0.133. The third-order valence-electron chi connectivity index (χ3n) is 2.69. The molecule has 0 unspecified atom stereocenters. The fourth-order valence-electron chi connectivity index (χ4n) is 1.71. The zero-order valence-corrected chi connectivity index (χ0v) is 13.3. The summed E-state index contributed by atoms with van der Waals surface area (Å²) in [5.74, 6) is -0.185. The number of rotatable bonds is 4. The largest absolute Gasteiger partial charge is 0.484 e. The van der Waals surface area contributed by atoms with Crippen LogP contribution < -0.4 is 10.1 Å². The van der Waals surface area contributed by atoms with Crippen molar-refractivity contribution < 1.29 is 22.7 Å². The SMILES string of the molecule is O=C(COc1ccc(I)cc1)Nc1ccccc1C(F)(F)F. The van der Waals surface area contributed by atoms with Crippen LogP contribution >= 0.6 is 22.6 Å². The number of benzene rings is 2. The van der Waals surface area contributed by atoms with Gasteiger partial charge >= 0.3 is 6.18 Å². The van der Waals surface area contributed by atoms with Gasteiger partial charge < -0.3 is 10.1 Å². The van der Waals surface area contributed by atoms with E-state index < -0.39 is 17.6 Å². The Morgan fingerprint density at radius 2 is 1.73 bits per heavy atom. The summed E-state index contributed by atoms with van der Waals surface area (Å²) in [7, 11) is 0. The molecule has 0 fully saturated rings. The molecule has 22 heavy (non-hydrogen) atoms. The highest BCUT2D eigenvalue weighted by molar-refractivity contribution is 14.1. The molecule has 0 bridgehead atoms. The Hall–Kier alpha value is -1.77. The number of hydrogen-bond donors (Lipinski definition) is 1. The number of hydrogen-bond acceptors (Lipinski definition) is 2. The molecule has 1 amide bonds. The molecule has 0 saturated carbocycles. The Kier molecular flexibility index (Phi) is 5.28. The molecule has 1 N–H and O–H groups in total. The van der Waals surface area contributed by atoms with E-state index in [1.54, 1.807) is 24.3 Å². The van der Waals surface area contributed by atoms with Crippen molar-refractivity contribution in [2.45, 2.75) is 6.18 Å². The van der Waals surface area contributed by atoms with Crippen molar-refractivity contribution in [1.82, 2.24) is 0 Å². The Balaban J connectivity index is 1.99. The van der Waals surface area contributed by atoms with Crippen LogP contribution in [0.2, 0.25) is 0 Å². The second kappa shape index (κ2) is 6.99. The summed E-state index contributed by atoms with van der Waals surface area (Å²) in [6, 6.07) is 11.8. The zero-order valence-electron chi connectivity index (χ0n) is 11.2. The third kappa shape index (κ3) is 4.62. The molecule has 116 valence electrons. The van der Waals surface area contributed by atoms with Gasteiger partial charge in [-0.25, -0.2) is 0 Å². The fourth-order valence-corrected chi connectivity index (χ4v) is 2.06. The summed E-state index contributed by atoms with van der Waals surface area (Å²) in [6.07, 6.45) is -4.53. The first-order valence-corrected chi connectivity index (χ1v) is 7.28. The van der Waals surface area contributed by atoms with Crippen LogP contribution in [0.3, 0.4) is 0 Å². The van der Waals surface area contributed by atoms with E-state index in [9.17, 15) is 18.0 Å². The van der Waals surface area contributed by atoms with Crippen molar-refractivity contribution in [1.29, 1.82) is 0 Å². The topological polar surface area (TPSA) is 38.3 Å². The minimum absolute atomic E-state index is 0.286. The molecule has 7 heteroatoms. The van der Waals surface area contributed by atoms with E-state index in [0.717, 1.165) is 9.64 Å². The van der Waals surface area contributed by atoms with Gasteiger partial charge in [-0.05, 0) is 59.0 Å². The number of halogens is 4. The highest BCUT2D eigenvalue weighted by Gasteiger charge is 2.33. The van der Waals surface area contributed by atoms with E-state index in [4.69, 9.17) is 4.74 Å². The van der Waals surface area contributed by atoms with E-state index in [2.05, 4.69) is 27.9 Å². The molecular formula is C15H11F3INO2. The summed E-state index contributed by atoms with van der Waals surface area (Å²) >= 11 is 2.12. The molecule has 3 nitrogen and oxygen atoms in total. The highest BCUT2D eigenvalue weighted by Crippen LogP contribution is 2.34. The van der Waals surface area contributed by atoms with Gasteiger partial charge in [-0.1, -0.05) is 12.1 Å². The summed E-state index contributed by atoms with van der Waals surface area (Å²) in [4.78, 5) is 11.7. The lowest BCUT2D eigenvalue weighted by atomic mass is 10.1. The van der Waals surface area contributed by atoms with Crippen LogP contribution in [-0.2, 0) is 11.0 Å². The number of nitrogens with one attached hydrogen (secondary N) is 1. The first-order valence-electron chi connectivity index (χ1n) is 6.21. The maximum Gasteiger partial charge on any atom is 0.418 e. The molecular weight excluding hydrogens is 410 g/mol. The Bertz CT molecular complexity index is 657. The van der Waals surface area contributed by atoms with Gasteiger partial charge in [0.15, 0.2) is 6.61 Å². The van der Waals surface area contributed by atoms with Crippen molar-refractivity contribution in [3.63, 3.8) is 0 Å². The lowest BCUT2D eigenvalue weighted by molar-refractivity contribution is -0.137. The van der Waals surface area contributed by atoms with Gasteiger partial charge in [0, 0.05) is 3.57 Å². The summed E-state index contributed by atoms with van der Waals surface area (Å²) in [5, 5.41) is 2.21. The van der Waals surface area contributed by atoms with Gasteiger partial charge in [-0.2, -0.15) is 13.2 Å². The van der Waals surface area contributed by atoms with E-state index >= 15 is 0 Å². The summed E-state index contributed by atoms with van der Waals surface area (Å²) in [5.41, 5.74) is -1.18. The molecule has 0 saturated heterocycles. The minimum atomic E-state index is -4.53. The van der Waals surface area contributed by atoms with Crippen LogP contribution in [0.4, 0.5) is 18.9 Å². The highest BCUT2D eigenvalue weighted by atomic mass is 127. The standard InChI is InChI=1S/C15H11F3INO2/c16-15(17,18)12-3-1-2-4-13(12)20-14(21)9-22-11-7-5-10(19)6-8-11/h1-8H,9H2,(H,20,21). The monoisotopic (exact) mass is 421 g/mol. The minimum Gasteiger partial charge on any atom is -0.484 e. The van der Waals surface area contributed by atoms with Gasteiger partial charge in [0.25, 0.3) is 5.91 Å². The van der Waals surface area contributed by atoms with Gasteiger partial charge in [0.05, 0.1) is 11.3 Å². The lowest BCUT2D eigenvalue weighted by Gasteiger charge is -2.13. The molecule has 0 radical (unpaired) electrons. The van der Waals surface area contributed by atoms with Gasteiger partial charge in [-0.3, -0.25) is 4.79 Å². The molecule has 0 spiro atoms. The molecule has 0 heterocycles. The molecule has 0 aliphatic rings. The number of alkyl halides is 3. The van der Waals surface area contributed by atoms with E-state index in [0.29, 0.717) is 5.75 Å². The molecule has 0 aromatic heterocycles. The number of carbonyl (C=O) groups is 1. The molecule has 0 atom stereocenters. The molecule has 0 aliphatic carbocycles. The van der Waals surface area contributed by atoms with Gasteiger partial charge in [-0.15, -0.1) is 0 Å². The molecule has 2 aromatic carbocycles. The van der Waals surface area contributed by atoms with Crippen LogP contribution in [-0.4, -0.2) is 12.5 Å². The first kappa shape index (κ1) is 16.6. The number of anilines is 1. The van der Waals surface area contributed by atoms with Crippen molar-refractivity contribution in [2.75, 3.05) is 11.9 Å². The first-order chi connectivity index (χ1) is 10.4. The van der Waals surface area contributed by atoms with E-state index in [1.165, 1.54) is 18.2 Å². The third-order valence-corrected chi connectivity index (χ3v) is 3.41. The normalized spacial score (nSPS) is 11.1. The predicted octanol–water partition coefficient (Wildman–Crippen LogP) is 4.33. The average molecular weight is 421 g/mol. The Morgan fingerprint density at radius 3 is 2.36 bits per heavy atom. The van der Waals surface area contributed by atoms with Gasteiger partial charge in [0.1, 0.15) is 5.75 Å². The lowest BCUT2D eigenvalue weighted by Crippen LogP contribution is -2.22. The Morgan fingerprint density at radius 1 is 1.09 bits per heavy atom. The number of para-hydroxylation sites is 1. The van der Waals surface area contributed by atoms with Crippen LogP contribution in [0.1, 0.15) is 5.56 Å². The summed E-state index contributed by atoms with van der Waals surface area (Å²) < 4.78 is 44.6. The number of carbonyl (C=O) groups excluding carboxylic acids is 1. The van der Waals surface area contributed by atoms with Crippen molar-refractivity contribution in [2.24, 2.45) is 0 Å². The summed E-state index contributed by atoms with van der Waals surface area (Å²) in [6.45, 7) is -0.368. The maximum absolute atomic E-state index is 12.8. The second-order valence-corrected chi connectivity index (χ2v) is 5.58. The predicted molar refractivity (Wildman–Crippen MR) is 84.7 cm³/mol. The second-order valence-electron chi connectivity index (χ2n) is 4.33. The molecule has 2 rings (SSSR count). The van der Waals surface area contributed by atoms with Crippen LogP contribution in [0.15, 0.2) is 48.5 Å². The zero-order chi connectivity index (χ0) is 16.2. The van der Waals surface area contributed by atoms with Crippen molar-refractivity contribution in [3.05, 3.63) is 57.7 Å². The van der Waals surface area contributed by atoms with E-state index in [1.807, 2.05) is 0 Å². The van der Waals surface area contributed by atoms with Crippen molar-refractivity contribution in [3.8, 4) is 5.75 Å². The maximum atomic E-state index is 12.8. The van der Waals surface area contributed by atoms with Crippen LogP contribution in [0, 0.1) is 3.57 Å². The van der Waals surface area contributed by atoms with Crippen LogP contribution in [0.25, 0.3) is 0 Å². The van der Waals surface area contributed by atoms with Crippen LogP contribution in [0.5, 0.6) is 5.75 Å². The van der Waals surface area contributed by atoms with Gasteiger partial charge in [0.2, 0.25) is 0 Å². The van der Waals surface area contributed by atoms with Crippen molar-refractivity contribution >= 4 is 34.2 Å². The Labute approximate surface area is 138 Å². The molecule has 2 aromatic rings. The molecule has 0 aliphatic heterocycles.